The quantitative estimate of drug-likeness (QED) is 0.710. The topological polar surface area (TPSA) is 113 Å². The van der Waals surface area contributed by atoms with Crippen molar-refractivity contribution in [3.8, 4) is 0 Å². The van der Waals surface area contributed by atoms with Crippen LogP contribution in [0, 0.1) is 0 Å². The van der Waals surface area contributed by atoms with Gasteiger partial charge in [0.15, 0.2) is 0 Å². The minimum Gasteiger partial charge on any atom is -0.343 e. The van der Waals surface area contributed by atoms with E-state index in [1.54, 1.807) is 5.32 Å². The Hall–Kier alpha value is -3.37. The number of para-hydroxylation sites is 1. The highest BCUT2D eigenvalue weighted by atomic mass is 19.4. The van der Waals surface area contributed by atoms with Gasteiger partial charge < -0.3 is 10.6 Å². The maximum absolute atomic E-state index is 12.2. The summed E-state index contributed by atoms with van der Waals surface area (Å²) in [7, 11) is 0. The number of nitrogens with zero attached hydrogens (tertiary/aromatic N) is 1. The molecule has 0 saturated carbocycles. The normalized spacial score (nSPS) is 11.0. The zero-order chi connectivity index (χ0) is 19.3. The van der Waals surface area contributed by atoms with Gasteiger partial charge in [0, 0.05) is 12.3 Å². The van der Waals surface area contributed by atoms with Crippen LogP contribution in [0.2, 0.25) is 0 Å². The van der Waals surface area contributed by atoms with Gasteiger partial charge in [-0.25, -0.2) is 4.79 Å². The van der Waals surface area contributed by atoms with Gasteiger partial charge in [-0.1, -0.05) is 12.1 Å². The number of anilines is 1. The Bertz CT molecular complexity index is 933. The maximum Gasteiger partial charge on any atom is 0.405 e. The summed E-state index contributed by atoms with van der Waals surface area (Å²) in [6.07, 6.45) is -3.46. The molecule has 0 spiro atoms. The lowest BCUT2D eigenvalue weighted by atomic mass is 10.1. The van der Waals surface area contributed by atoms with Gasteiger partial charge in [0.1, 0.15) is 13.1 Å². The van der Waals surface area contributed by atoms with Crippen LogP contribution in [-0.4, -0.2) is 34.1 Å². The Balaban J connectivity index is 2.11. The van der Waals surface area contributed by atoms with Gasteiger partial charge in [0.2, 0.25) is 5.91 Å². The van der Waals surface area contributed by atoms with Crippen LogP contribution < -0.4 is 21.9 Å². The number of halogens is 3. The van der Waals surface area contributed by atoms with Crippen molar-refractivity contribution < 1.29 is 22.8 Å². The molecule has 0 unspecified atom stereocenters. The summed E-state index contributed by atoms with van der Waals surface area (Å²) < 4.78 is 37.5. The molecule has 0 atom stereocenters. The Kier molecular flexibility index (Phi) is 5.60. The molecule has 0 saturated heterocycles. The van der Waals surface area contributed by atoms with Crippen molar-refractivity contribution in [1.82, 2.24) is 14.9 Å². The molecule has 1 heterocycles. The molecule has 0 aliphatic carbocycles. The first-order chi connectivity index (χ1) is 12.2. The van der Waals surface area contributed by atoms with Crippen LogP contribution in [0.3, 0.4) is 0 Å². The third kappa shape index (κ3) is 5.33. The molecular formula is C15H13F3N4O4. The standard InChI is InChI=1S/C15H13F3N4O4/c16-15(17,18)8-19-13(25)9-3-1-2-4-10(9)20-12(24)7-22-6-5-11(23)21-14(22)26/h1-6H,7-8H2,(H,19,25)(H,20,24)(H,21,23,26). The molecule has 8 nitrogen and oxygen atoms in total. The molecule has 26 heavy (non-hydrogen) atoms. The van der Waals surface area contributed by atoms with Gasteiger partial charge in [0.25, 0.3) is 11.5 Å². The first-order valence-electron chi connectivity index (χ1n) is 7.19. The number of nitrogens with one attached hydrogen (secondary N) is 3. The lowest BCUT2D eigenvalue weighted by Crippen LogP contribution is -2.35. The van der Waals surface area contributed by atoms with Crippen molar-refractivity contribution in [3.05, 3.63) is 62.9 Å². The number of amides is 2. The van der Waals surface area contributed by atoms with E-state index < -0.39 is 42.3 Å². The van der Waals surface area contributed by atoms with E-state index in [1.165, 1.54) is 24.3 Å². The van der Waals surface area contributed by atoms with Gasteiger partial charge >= 0.3 is 11.9 Å². The van der Waals surface area contributed by atoms with Crippen molar-refractivity contribution in [2.45, 2.75) is 12.7 Å². The molecule has 11 heteroatoms. The second-order valence-electron chi connectivity index (χ2n) is 5.13. The number of H-pyrrole nitrogens is 1. The number of carbonyl (C=O) groups is 2. The molecule has 3 N–H and O–H groups in total. The predicted molar refractivity (Wildman–Crippen MR) is 84.8 cm³/mol. The molecule has 1 aromatic heterocycles. The average Bonchev–Trinajstić information content (AvgIpc) is 2.55. The average molecular weight is 370 g/mol. The van der Waals surface area contributed by atoms with Gasteiger partial charge in [-0.05, 0) is 12.1 Å². The van der Waals surface area contributed by atoms with Gasteiger partial charge in [0.05, 0.1) is 11.3 Å². The highest BCUT2D eigenvalue weighted by molar-refractivity contribution is 6.03. The minimum atomic E-state index is -4.57. The highest BCUT2D eigenvalue weighted by Gasteiger charge is 2.28. The minimum absolute atomic E-state index is 0.0188. The van der Waals surface area contributed by atoms with Crippen LogP contribution in [0.5, 0.6) is 0 Å². The molecule has 0 bridgehead atoms. The van der Waals surface area contributed by atoms with E-state index in [9.17, 15) is 32.3 Å². The van der Waals surface area contributed by atoms with Crippen LogP contribution in [0.25, 0.3) is 0 Å². The number of aromatic nitrogens is 2. The summed E-state index contributed by atoms with van der Waals surface area (Å²) in [4.78, 5) is 48.4. The van der Waals surface area contributed by atoms with E-state index in [4.69, 9.17) is 0 Å². The van der Waals surface area contributed by atoms with Crippen LogP contribution in [0.15, 0.2) is 46.1 Å². The predicted octanol–water partition coefficient (Wildman–Crippen LogP) is 0.467. The molecule has 0 aliphatic heterocycles. The number of hydrogen-bond acceptors (Lipinski definition) is 4. The zero-order valence-electron chi connectivity index (χ0n) is 13.1. The van der Waals surface area contributed by atoms with Crippen LogP contribution in [0.4, 0.5) is 18.9 Å². The lowest BCUT2D eigenvalue weighted by Gasteiger charge is -2.13. The molecule has 2 rings (SSSR count). The number of benzene rings is 1. The van der Waals surface area contributed by atoms with Crippen molar-refractivity contribution in [1.29, 1.82) is 0 Å². The maximum atomic E-state index is 12.2. The summed E-state index contributed by atoms with van der Waals surface area (Å²) in [6.45, 7) is -1.98. The smallest absolute Gasteiger partial charge is 0.343 e. The van der Waals surface area contributed by atoms with Crippen molar-refractivity contribution in [3.63, 3.8) is 0 Å². The van der Waals surface area contributed by atoms with Gasteiger partial charge in [-0.3, -0.25) is 23.9 Å². The lowest BCUT2D eigenvalue weighted by molar-refractivity contribution is -0.123. The fourth-order valence-electron chi connectivity index (χ4n) is 1.98. The van der Waals surface area contributed by atoms with E-state index >= 15 is 0 Å². The monoisotopic (exact) mass is 370 g/mol. The molecule has 1 aromatic carbocycles. The van der Waals surface area contributed by atoms with E-state index in [2.05, 4.69) is 5.32 Å². The number of alkyl halides is 3. The van der Waals surface area contributed by atoms with Crippen LogP contribution >= 0.6 is 0 Å². The third-order valence-electron chi connectivity index (χ3n) is 3.11. The SMILES string of the molecule is O=C(Cn1ccc(=O)[nH]c1=O)Nc1ccccc1C(=O)NCC(F)(F)F. The molecule has 0 radical (unpaired) electrons. The summed E-state index contributed by atoms with van der Waals surface area (Å²) in [5.74, 6) is -1.73. The van der Waals surface area contributed by atoms with Crippen molar-refractivity contribution in [2.24, 2.45) is 0 Å². The Morgan fingerprint density at radius 1 is 1.12 bits per heavy atom. The molecular weight excluding hydrogens is 357 g/mol. The van der Waals surface area contributed by atoms with E-state index in [-0.39, 0.29) is 11.3 Å². The second-order valence-corrected chi connectivity index (χ2v) is 5.13. The molecule has 0 aliphatic rings. The van der Waals surface area contributed by atoms with E-state index in [0.29, 0.717) is 0 Å². The third-order valence-corrected chi connectivity index (χ3v) is 3.11. The number of hydrogen-bond donors (Lipinski definition) is 3. The van der Waals surface area contributed by atoms with E-state index in [1.807, 2.05) is 4.98 Å². The fourth-order valence-corrected chi connectivity index (χ4v) is 1.98. The number of carbonyl (C=O) groups excluding carboxylic acids is 2. The number of aromatic amines is 1. The molecule has 138 valence electrons. The Morgan fingerprint density at radius 2 is 1.81 bits per heavy atom. The summed E-state index contributed by atoms with van der Waals surface area (Å²) in [5, 5.41) is 4.05. The number of rotatable bonds is 5. The molecule has 2 amide bonds. The molecule has 2 aromatic rings. The van der Waals surface area contributed by atoms with E-state index in [0.717, 1.165) is 16.8 Å². The van der Waals surface area contributed by atoms with Crippen LogP contribution in [-0.2, 0) is 11.3 Å². The first kappa shape index (κ1) is 19.0. The van der Waals surface area contributed by atoms with Crippen molar-refractivity contribution >= 4 is 17.5 Å². The Labute approximate surface area is 143 Å². The van der Waals surface area contributed by atoms with Crippen molar-refractivity contribution in [2.75, 3.05) is 11.9 Å². The largest absolute Gasteiger partial charge is 0.405 e. The second kappa shape index (κ2) is 7.68. The van der Waals surface area contributed by atoms with Gasteiger partial charge in [-0.15, -0.1) is 0 Å². The fraction of sp³-hybridized carbons (Fsp3) is 0.200. The van der Waals surface area contributed by atoms with Crippen LogP contribution in [0.1, 0.15) is 10.4 Å². The highest BCUT2D eigenvalue weighted by Crippen LogP contribution is 2.17. The summed E-state index contributed by atoms with van der Waals surface area (Å²) in [5.41, 5.74) is -1.62. The first-order valence-corrected chi connectivity index (χ1v) is 7.19. The Morgan fingerprint density at radius 3 is 2.46 bits per heavy atom. The molecule has 0 fully saturated rings. The summed E-state index contributed by atoms with van der Waals surface area (Å²) in [6, 6.07) is 6.52. The zero-order valence-corrected chi connectivity index (χ0v) is 13.1. The summed E-state index contributed by atoms with van der Waals surface area (Å²) >= 11 is 0. The van der Waals surface area contributed by atoms with Gasteiger partial charge in [-0.2, -0.15) is 13.2 Å².